The summed E-state index contributed by atoms with van der Waals surface area (Å²) < 4.78 is 0. The number of nitrogens with zero attached hydrogens (tertiary/aromatic N) is 3. The van der Waals surface area contributed by atoms with E-state index in [1.807, 2.05) is 20.8 Å². The Morgan fingerprint density at radius 2 is 1.90 bits per heavy atom. The lowest BCUT2D eigenvalue weighted by Gasteiger charge is -2.30. The van der Waals surface area contributed by atoms with Crippen LogP contribution in [0, 0.1) is 5.41 Å². The van der Waals surface area contributed by atoms with Gasteiger partial charge in [-0.2, -0.15) is 0 Å². The highest BCUT2D eigenvalue weighted by atomic mass is 16.4. The second-order valence-electron chi connectivity index (χ2n) is 6.16. The van der Waals surface area contributed by atoms with E-state index in [2.05, 4.69) is 15.5 Å². The van der Waals surface area contributed by atoms with Crippen molar-refractivity contribution in [2.24, 2.45) is 5.41 Å². The van der Waals surface area contributed by atoms with Gasteiger partial charge in [0, 0.05) is 20.1 Å². The van der Waals surface area contributed by atoms with Gasteiger partial charge < -0.3 is 15.3 Å². The Labute approximate surface area is 124 Å². The first-order valence-corrected chi connectivity index (χ1v) is 6.65. The van der Waals surface area contributed by atoms with Crippen molar-refractivity contribution in [3.8, 4) is 0 Å². The molecule has 0 saturated heterocycles. The number of hydrogen-bond donors (Lipinski definition) is 2. The molecule has 0 saturated carbocycles. The highest BCUT2D eigenvalue weighted by Gasteiger charge is 2.27. The predicted octanol–water partition coefficient (Wildman–Crippen LogP) is 1.48. The maximum atomic E-state index is 11.7. The molecule has 1 amide bonds. The molecule has 2 N–H and O–H groups in total. The minimum Gasteiger partial charge on any atom is -0.481 e. The summed E-state index contributed by atoms with van der Waals surface area (Å²) in [4.78, 5) is 24.1. The van der Waals surface area contributed by atoms with Gasteiger partial charge in [0.25, 0.3) is 5.91 Å². The molecule has 0 aromatic carbocycles. The van der Waals surface area contributed by atoms with Crippen molar-refractivity contribution >= 4 is 17.7 Å². The molecule has 1 rings (SSSR count). The number of carboxylic acids is 1. The van der Waals surface area contributed by atoms with Gasteiger partial charge in [-0.05, 0) is 17.5 Å². The number of anilines is 1. The van der Waals surface area contributed by atoms with Gasteiger partial charge in [0.15, 0.2) is 5.69 Å². The third-order valence-electron chi connectivity index (χ3n) is 3.04. The van der Waals surface area contributed by atoms with Crippen molar-refractivity contribution in [2.45, 2.75) is 33.2 Å². The molecule has 7 nitrogen and oxygen atoms in total. The van der Waals surface area contributed by atoms with E-state index in [-0.39, 0.29) is 29.5 Å². The molecular formula is C14H22N4O3. The van der Waals surface area contributed by atoms with Crippen molar-refractivity contribution in [1.29, 1.82) is 0 Å². The Hall–Kier alpha value is -2.18. The summed E-state index contributed by atoms with van der Waals surface area (Å²) in [7, 11) is 3.28. The number of aliphatic carboxylic acids is 1. The van der Waals surface area contributed by atoms with Crippen LogP contribution in [0.1, 0.15) is 37.7 Å². The SMILES string of the molecule is CN(C)C(=O)c1ccc(NC(CC(=O)O)C(C)(C)C)nn1. The number of aromatic nitrogens is 2. The minimum absolute atomic E-state index is 0.0242. The quantitative estimate of drug-likeness (QED) is 0.854. The van der Waals surface area contributed by atoms with E-state index in [1.165, 1.54) is 4.90 Å². The Morgan fingerprint density at radius 3 is 2.29 bits per heavy atom. The highest BCUT2D eigenvalue weighted by Crippen LogP contribution is 2.24. The molecule has 7 heteroatoms. The van der Waals surface area contributed by atoms with Crippen molar-refractivity contribution in [2.75, 3.05) is 19.4 Å². The first-order chi connectivity index (χ1) is 9.61. The summed E-state index contributed by atoms with van der Waals surface area (Å²) in [5.74, 6) is -0.659. The number of carbonyl (C=O) groups excluding carboxylic acids is 1. The van der Waals surface area contributed by atoms with Gasteiger partial charge in [-0.15, -0.1) is 10.2 Å². The molecule has 1 unspecified atom stereocenters. The maximum absolute atomic E-state index is 11.7. The first kappa shape index (κ1) is 16.9. The van der Waals surface area contributed by atoms with Crippen molar-refractivity contribution in [3.63, 3.8) is 0 Å². The fourth-order valence-corrected chi connectivity index (χ4v) is 1.68. The van der Waals surface area contributed by atoms with Gasteiger partial charge >= 0.3 is 5.97 Å². The zero-order valence-electron chi connectivity index (χ0n) is 13.0. The van der Waals surface area contributed by atoms with Crippen LogP contribution in [0.3, 0.4) is 0 Å². The number of rotatable bonds is 5. The standard InChI is InChI=1S/C14H22N4O3/c1-14(2,3)10(8-12(19)20)15-11-7-6-9(16-17-11)13(21)18(4)5/h6-7,10H,8H2,1-5H3,(H,15,17)(H,19,20). The molecule has 116 valence electrons. The summed E-state index contributed by atoms with van der Waals surface area (Å²) >= 11 is 0. The van der Waals surface area contributed by atoms with Crippen LogP contribution < -0.4 is 5.32 Å². The van der Waals surface area contributed by atoms with E-state index in [9.17, 15) is 9.59 Å². The van der Waals surface area contributed by atoms with Crippen molar-refractivity contribution < 1.29 is 14.7 Å². The van der Waals surface area contributed by atoms with Crippen LogP contribution in [0.4, 0.5) is 5.82 Å². The summed E-state index contributed by atoms with van der Waals surface area (Å²) in [5, 5.41) is 19.8. The molecule has 0 fully saturated rings. The van der Waals surface area contributed by atoms with E-state index in [4.69, 9.17) is 5.11 Å². The average Bonchev–Trinajstić information content (AvgIpc) is 2.36. The molecule has 1 atom stereocenters. The lowest BCUT2D eigenvalue weighted by Crippen LogP contribution is -2.36. The second-order valence-corrected chi connectivity index (χ2v) is 6.16. The molecule has 0 spiro atoms. The average molecular weight is 294 g/mol. The third kappa shape index (κ3) is 5.02. The van der Waals surface area contributed by atoms with Gasteiger partial charge in [0.1, 0.15) is 5.82 Å². The van der Waals surface area contributed by atoms with Crippen LogP contribution in [-0.2, 0) is 4.79 Å². The molecule has 0 aliphatic rings. The molecule has 1 aromatic heterocycles. The largest absolute Gasteiger partial charge is 0.481 e. The second kappa shape index (κ2) is 6.51. The minimum atomic E-state index is -0.880. The van der Waals surface area contributed by atoms with Gasteiger partial charge in [0.2, 0.25) is 0 Å². The lowest BCUT2D eigenvalue weighted by atomic mass is 9.85. The summed E-state index contributed by atoms with van der Waals surface area (Å²) in [6.07, 6.45) is -0.0242. The Morgan fingerprint density at radius 1 is 1.29 bits per heavy atom. The van der Waals surface area contributed by atoms with Gasteiger partial charge in [-0.1, -0.05) is 20.8 Å². The number of hydrogen-bond acceptors (Lipinski definition) is 5. The van der Waals surface area contributed by atoms with E-state index in [0.717, 1.165) is 0 Å². The molecule has 0 aliphatic heterocycles. The molecule has 21 heavy (non-hydrogen) atoms. The van der Waals surface area contributed by atoms with Gasteiger partial charge in [0.05, 0.1) is 6.42 Å². The number of amides is 1. The molecule has 1 heterocycles. The molecule has 1 aromatic rings. The molecule has 0 radical (unpaired) electrons. The van der Waals surface area contributed by atoms with Gasteiger partial charge in [-0.25, -0.2) is 0 Å². The fraction of sp³-hybridized carbons (Fsp3) is 0.571. The predicted molar refractivity (Wildman–Crippen MR) is 79.2 cm³/mol. The van der Waals surface area contributed by atoms with E-state index in [1.54, 1.807) is 26.2 Å². The normalized spacial score (nSPS) is 12.6. The highest BCUT2D eigenvalue weighted by molar-refractivity contribution is 5.91. The van der Waals surface area contributed by atoms with Crippen LogP contribution in [0.5, 0.6) is 0 Å². The third-order valence-corrected chi connectivity index (χ3v) is 3.04. The number of nitrogens with one attached hydrogen (secondary N) is 1. The van der Waals surface area contributed by atoms with Crippen LogP contribution in [0.2, 0.25) is 0 Å². The molecule has 0 aliphatic carbocycles. The lowest BCUT2D eigenvalue weighted by molar-refractivity contribution is -0.137. The monoisotopic (exact) mass is 294 g/mol. The topological polar surface area (TPSA) is 95.4 Å². The molecule has 0 bridgehead atoms. The maximum Gasteiger partial charge on any atom is 0.305 e. The zero-order chi connectivity index (χ0) is 16.2. The van der Waals surface area contributed by atoms with Gasteiger partial charge in [-0.3, -0.25) is 9.59 Å². The van der Waals surface area contributed by atoms with Crippen LogP contribution >= 0.6 is 0 Å². The van der Waals surface area contributed by atoms with Crippen LogP contribution in [-0.4, -0.2) is 52.2 Å². The number of carbonyl (C=O) groups is 2. The first-order valence-electron chi connectivity index (χ1n) is 6.65. The Bertz CT molecular complexity index is 506. The summed E-state index contributed by atoms with van der Waals surface area (Å²) in [6.45, 7) is 5.85. The summed E-state index contributed by atoms with van der Waals surface area (Å²) in [6, 6.07) is 2.90. The Kier molecular flexibility index (Phi) is 5.23. The van der Waals surface area contributed by atoms with E-state index in [0.29, 0.717) is 5.82 Å². The van der Waals surface area contributed by atoms with E-state index < -0.39 is 5.97 Å². The van der Waals surface area contributed by atoms with E-state index >= 15 is 0 Å². The van der Waals surface area contributed by atoms with Crippen LogP contribution in [0.15, 0.2) is 12.1 Å². The van der Waals surface area contributed by atoms with Crippen molar-refractivity contribution in [1.82, 2.24) is 15.1 Å². The molecular weight excluding hydrogens is 272 g/mol. The zero-order valence-corrected chi connectivity index (χ0v) is 13.0. The Balaban J connectivity index is 2.86. The number of carboxylic acid groups (broad SMARTS) is 1. The van der Waals surface area contributed by atoms with Crippen LogP contribution in [0.25, 0.3) is 0 Å². The smallest absolute Gasteiger partial charge is 0.305 e. The fourth-order valence-electron chi connectivity index (χ4n) is 1.68. The summed E-state index contributed by atoms with van der Waals surface area (Å²) in [5.41, 5.74) is -0.00541. The van der Waals surface area contributed by atoms with Crippen molar-refractivity contribution in [3.05, 3.63) is 17.8 Å².